The third-order valence-corrected chi connectivity index (χ3v) is 1.43. The molecule has 0 saturated heterocycles. The van der Waals surface area contributed by atoms with Gasteiger partial charge in [0.2, 0.25) is 0 Å². The minimum atomic E-state index is -0.837. The Balaban J connectivity index is 3.09. The van der Waals surface area contributed by atoms with Crippen molar-refractivity contribution in [1.82, 2.24) is 0 Å². The Labute approximate surface area is 63.9 Å². The summed E-state index contributed by atoms with van der Waals surface area (Å²) in [6.45, 7) is 1.47. The topological polar surface area (TPSA) is 40.5 Å². The first kappa shape index (κ1) is 8.01. The highest BCUT2D eigenvalue weighted by molar-refractivity contribution is 5.28. The van der Waals surface area contributed by atoms with E-state index in [2.05, 4.69) is 0 Å². The van der Waals surface area contributed by atoms with Gasteiger partial charge >= 0.3 is 0 Å². The first-order chi connectivity index (χ1) is 5.11. The van der Waals surface area contributed by atoms with Crippen LogP contribution in [0, 0.1) is 5.82 Å². The second kappa shape index (κ2) is 2.88. The number of phenols is 1. The van der Waals surface area contributed by atoms with Crippen molar-refractivity contribution >= 4 is 0 Å². The second-order valence-electron chi connectivity index (χ2n) is 2.38. The monoisotopic (exact) mass is 156 g/mol. The number of phenolic OH excluding ortho intramolecular Hbond substituents is 1. The average Bonchev–Trinajstić information content (AvgIpc) is 1.85. The van der Waals surface area contributed by atoms with Crippen molar-refractivity contribution in [2.24, 2.45) is 0 Å². The van der Waals surface area contributed by atoms with Crippen molar-refractivity contribution < 1.29 is 14.6 Å². The van der Waals surface area contributed by atoms with Crippen molar-refractivity contribution in [2.45, 2.75) is 13.0 Å². The fraction of sp³-hybridized carbons (Fsp3) is 0.250. The second-order valence-corrected chi connectivity index (χ2v) is 2.38. The van der Waals surface area contributed by atoms with Gasteiger partial charge in [0.1, 0.15) is 11.6 Å². The maximum Gasteiger partial charge on any atom is 0.132 e. The number of benzene rings is 1. The van der Waals surface area contributed by atoms with Crippen LogP contribution in [0.3, 0.4) is 0 Å². The van der Waals surface area contributed by atoms with Crippen LogP contribution < -0.4 is 0 Å². The molecule has 0 aromatic heterocycles. The van der Waals surface area contributed by atoms with Crippen molar-refractivity contribution in [1.29, 1.82) is 0 Å². The van der Waals surface area contributed by atoms with Crippen molar-refractivity contribution in [3.63, 3.8) is 0 Å². The summed E-state index contributed by atoms with van der Waals surface area (Å²) < 4.78 is 12.8. The molecule has 0 radical (unpaired) electrons. The lowest BCUT2D eigenvalue weighted by Crippen LogP contribution is -1.94. The lowest BCUT2D eigenvalue weighted by Gasteiger charge is -2.05. The van der Waals surface area contributed by atoms with E-state index in [9.17, 15) is 4.39 Å². The Bertz CT molecular complexity index is 258. The number of halogens is 1. The van der Waals surface area contributed by atoms with Crippen molar-refractivity contribution in [3.05, 3.63) is 29.6 Å². The molecule has 0 fully saturated rings. The molecule has 11 heavy (non-hydrogen) atoms. The minimum Gasteiger partial charge on any atom is -0.508 e. The molecular weight excluding hydrogens is 147 g/mol. The molecule has 0 amide bonds. The van der Waals surface area contributed by atoms with Gasteiger partial charge in [0.05, 0.1) is 6.10 Å². The summed E-state index contributed by atoms with van der Waals surface area (Å²) in [5, 5.41) is 17.8. The van der Waals surface area contributed by atoms with Crippen LogP contribution in [0.25, 0.3) is 0 Å². The SMILES string of the molecule is C[C@H](O)c1ccc(O)cc1F. The van der Waals surface area contributed by atoms with Gasteiger partial charge < -0.3 is 10.2 Å². The van der Waals surface area contributed by atoms with Crippen LogP contribution in [0.5, 0.6) is 5.75 Å². The summed E-state index contributed by atoms with van der Waals surface area (Å²) in [5.74, 6) is -0.716. The molecular formula is C8H9FO2. The fourth-order valence-electron chi connectivity index (χ4n) is 0.855. The van der Waals surface area contributed by atoms with Gasteiger partial charge in [-0.1, -0.05) is 0 Å². The zero-order chi connectivity index (χ0) is 8.43. The molecule has 0 saturated carbocycles. The van der Waals surface area contributed by atoms with Gasteiger partial charge in [-0.15, -0.1) is 0 Å². The molecule has 1 aromatic carbocycles. The quantitative estimate of drug-likeness (QED) is 0.648. The zero-order valence-corrected chi connectivity index (χ0v) is 6.08. The molecule has 0 unspecified atom stereocenters. The molecule has 0 spiro atoms. The first-order valence-corrected chi connectivity index (χ1v) is 3.27. The Morgan fingerprint density at radius 3 is 2.55 bits per heavy atom. The van der Waals surface area contributed by atoms with Gasteiger partial charge in [0, 0.05) is 11.6 Å². The van der Waals surface area contributed by atoms with Gasteiger partial charge in [0.25, 0.3) is 0 Å². The Kier molecular flexibility index (Phi) is 2.10. The molecule has 2 nitrogen and oxygen atoms in total. The van der Waals surface area contributed by atoms with Crippen LogP contribution in [0.2, 0.25) is 0 Å². The van der Waals surface area contributed by atoms with E-state index in [0.717, 1.165) is 6.07 Å². The summed E-state index contributed by atoms with van der Waals surface area (Å²) in [4.78, 5) is 0. The maximum atomic E-state index is 12.8. The van der Waals surface area contributed by atoms with Crippen LogP contribution in [0.4, 0.5) is 4.39 Å². The van der Waals surface area contributed by atoms with Gasteiger partial charge in [-0.3, -0.25) is 0 Å². The molecule has 0 bridgehead atoms. The number of aliphatic hydroxyl groups is 1. The zero-order valence-electron chi connectivity index (χ0n) is 6.08. The largest absolute Gasteiger partial charge is 0.508 e. The van der Waals surface area contributed by atoms with Crippen molar-refractivity contribution in [3.8, 4) is 5.75 Å². The molecule has 1 rings (SSSR count). The van der Waals surface area contributed by atoms with Gasteiger partial charge in [-0.25, -0.2) is 4.39 Å². The van der Waals surface area contributed by atoms with Crippen LogP contribution >= 0.6 is 0 Å². The van der Waals surface area contributed by atoms with Crippen LogP contribution in [-0.2, 0) is 0 Å². The smallest absolute Gasteiger partial charge is 0.132 e. The number of rotatable bonds is 1. The lowest BCUT2D eigenvalue weighted by atomic mass is 10.1. The predicted octanol–water partition coefficient (Wildman–Crippen LogP) is 1.58. The normalized spacial score (nSPS) is 13.0. The Morgan fingerprint density at radius 1 is 1.45 bits per heavy atom. The van der Waals surface area contributed by atoms with E-state index >= 15 is 0 Å². The summed E-state index contributed by atoms with van der Waals surface area (Å²) >= 11 is 0. The third-order valence-electron chi connectivity index (χ3n) is 1.43. The van der Waals surface area contributed by atoms with Gasteiger partial charge in [0.15, 0.2) is 0 Å². The molecule has 0 aliphatic carbocycles. The molecule has 2 N–H and O–H groups in total. The van der Waals surface area contributed by atoms with Crippen LogP contribution in [0.15, 0.2) is 18.2 Å². The standard InChI is InChI=1S/C8H9FO2/c1-5(10)7-3-2-6(11)4-8(7)9/h2-5,10-11H,1H3/t5-/m0/s1. The number of hydrogen-bond donors (Lipinski definition) is 2. The summed E-state index contributed by atoms with van der Waals surface area (Å²) in [6.07, 6.45) is -0.837. The molecule has 3 heteroatoms. The Hall–Kier alpha value is -1.09. The fourth-order valence-corrected chi connectivity index (χ4v) is 0.855. The van der Waals surface area contributed by atoms with E-state index < -0.39 is 11.9 Å². The summed E-state index contributed by atoms with van der Waals surface area (Å²) in [6, 6.07) is 3.67. The van der Waals surface area contributed by atoms with E-state index in [1.165, 1.54) is 19.1 Å². The molecule has 0 heterocycles. The third kappa shape index (κ3) is 1.68. The lowest BCUT2D eigenvalue weighted by molar-refractivity contribution is 0.194. The van der Waals surface area contributed by atoms with Crippen molar-refractivity contribution in [2.75, 3.05) is 0 Å². The predicted molar refractivity (Wildman–Crippen MR) is 38.7 cm³/mol. The van der Waals surface area contributed by atoms with Crippen LogP contribution in [0.1, 0.15) is 18.6 Å². The summed E-state index contributed by atoms with van der Waals surface area (Å²) in [7, 11) is 0. The van der Waals surface area contributed by atoms with E-state index in [4.69, 9.17) is 10.2 Å². The van der Waals surface area contributed by atoms with E-state index in [1.54, 1.807) is 0 Å². The van der Waals surface area contributed by atoms with Crippen LogP contribution in [-0.4, -0.2) is 10.2 Å². The average molecular weight is 156 g/mol. The maximum absolute atomic E-state index is 12.8. The van der Waals surface area contributed by atoms with E-state index in [1.807, 2.05) is 0 Å². The first-order valence-electron chi connectivity index (χ1n) is 3.27. The molecule has 0 aliphatic heterocycles. The Morgan fingerprint density at radius 2 is 2.09 bits per heavy atom. The van der Waals surface area contributed by atoms with E-state index in [-0.39, 0.29) is 11.3 Å². The number of aliphatic hydroxyl groups excluding tert-OH is 1. The van der Waals surface area contributed by atoms with Gasteiger partial charge in [-0.2, -0.15) is 0 Å². The number of hydrogen-bond acceptors (Lipinski definition) is 2. The highest BCUT2D eigenvalue weighted by Crippen LogP contribution is 2.20. The van der Waals surface area contributed by atoms with Gasteiger partial charge in [-0.05, 0) is 19.1 Å². The number of aromatic hydroxyl groups is 1. The highest BCUT2D eigenvalue weighted by Gasteiger charge is 2.07. The molecule has 1 atom stereocenters. The minimum absolute atomic E-state index is 0.132. The highest BCUT2D eigenvalue weighted by atomic mass is 19.1. The molecule has 0 aliphatic rings. The molecule has 1 aromatic rings. The van der Waals surface area contributed by atoms with E-state index in [0.29, 0.717) is 0 Å². The molecule has 60 valence electrons. The summed E-state index contributed by atoms with van der Waals surface area (Å²) in [5.41, 5.74) is 0.197.